The van der Waals surface area contributed by atoms with Gasteiger partial charge in [-0.15, -0.1) is 0 Å². The van der Waals surface area contributed by atoms with Gasteiger partial charge >= 0.3 is 5.91 Å². The first-order valence-corrected chi connectivity index (χ1v) is 14.0. The van der Waals surface area contributed by atoms with Crippen LogP contribution in [0.3, 0.4) is 0 Å². The van der Waals surface area contributed by atoms with Crippen LogP contribution in [0.15, 0.2) is 0 Å². The van der Waals surface area contributed by atoms with Crippen molar-refractivity contribution >= 4 is 11.8 Å². The van der Waals surface area contributed by atoms with Gasteiger partial charge in [-0.1, -0.05) is 97.8 Å². The first-order valence-electron chi connectivity index (χ1n) is 14.0. The molecule has 0 aromatic rings. The lowest BCUT2D eigenvalue weighted by Crippen LogP contribution is -2.52. The number of carbonyl (C=O) groups excluding carboxylic acids is 2. The van der Waals surface area contributed by atoms with Crippen LogP contribution in [-0.4, -0.2) is 54.9 Å². The van der Waals surface area contributed by atoms with E-state index < -0.39 is 0 Å². The molecule has 4 heteroatoms. The minimum atomic E-state index is 0.00170. The van der Waals surface area contributed by atoms with E-state index in [-0.39, 0.29) is 18.2 Å². The summed E-state index contributed by atoms with van der Waals surface area (Å²) in [5.41, 5.74) is 0. The number of unbranched alkanes of at least 4 members (excludes halogenated alkanes) is 14. The van der Waals surface area contributed by atoms with Gasteiger partial charge < -0.3 is 4.90 Å². The largest absolute Gasteiger partial charge is 0.345 e. The molecule has 1 atom stereocenters. The zero-order valence-corrected chi connectivity index (χ0v) is 22.6. The maximum Gasteiger partial charge on any atom is 0.322 e. The van der Waals surface area contributed by atoms with Gasteiger partial charge in [0.1, 0.15) is 6.42 Å². The predicted octanol–water partition coefficient (Wildman–Crippen LogP) is 7.50. The molecule has 2 amide bonds. The van der Waals surface area contributed by atoms with Crippen LogP contribution in [0.5, 0.6) is 0 Å². The van der Waals surface area contributed by atoms with Crippen LogP contribution in [0.1, 0.15) is 136 Å². The number of carbonyl (C=O) groups is 2. The second kappa shape index (κ2) is 20.7. The van der Waals surface area contributed by atoms with Gasteiger partial charge in [-0.3, -0.25) is 9.28 Å². The molecule has 1 unspecified atom stereocenters. The van der Waals surface area contributed by atoms with E-state index in [1.807, 2.05) is 7.05 Å². The Labute approximate surface area is 201 Å². The summed E-state index contributed by atoms with van der Waals surface area (Å²) < 4.78 is 0.441. The van der Waals surface area contributed by atoms with Crippen LogP contribution in [0.25, 0.3) is 0 Å². The summed E-state index contributed by atoms with van der Waals surface area (Å²) in [6.07, 6.45) is 20.8. The average Bonchev–Trinajstić information content (AvgIpc) is 2.78. The van der Waals surface area contributed by atoms with Crippen molar-refractivity contribution in [3.63, 3.8) is 0 Å². The zero-order chi connectivity index (χ0) is 24.1. The summed E-state index contributed by atoms with van der Waals surface area (Å²) in [5.74, 6) is 0.121. The standard InChI is InChI=1S/C28H57N2O2/c1-6-9-12-15-17-20-23-29(4)27(31)26-28(32)30(5,24-21-18-14-11-8-3)25-22-19-16-13-10-7-2/h6-26H2,1-5H3/q+1. The molecule has 0 heterocycles. The molecule has 0 radical (unpaired) electrons. The number of nitrogens with zero attached hydrogens (tertiary/aromatic N) is 2. The molecule has 0 aliphatic heterocycles. The van der Waals surface area contributed by atoms with Gasteiger partial charge in [0.25, 0.3) is 0 Å². The van der Waals surface area contributed by atoms with E-state index in [0.717, 1.165) is 38.9 Å². The molecule has 0 aliphatic rings. The molecule has 0 fully saturated rings. The molecule has 0 aliphatic carbocycles. The number of amides is 2. The van der Waals surface area contributed by atoms with Gasteiger partial charge in [-0.2, -0.15) is 0 Å². The van der Waals surface area contributed by atoms with Gasteiger partial charge in [0.2, 0.25) is 5.91 Å². The fourth-order valence-corrected chi connectivity index (χ4v) is 4.38. The molecule has 0 aromatic carbocycles. The Bertz CT molecular complexity index is 466. The molecule has 190 valence electrons. The van der Waals surface area contributed by atoms with Crippen molar-refractivity contribution < 1.29 is 14.1 Å². The second-order valence-electron chi connectivity index (χ2n) is 10.2. The molecular weight excluding hydrogens is 396 g/mol. The van der Waals surface area contributed by atoms with E-state index in [4.69, 9.17) is 0 Å². The summed E-state index contributed by atoms with van der Waals surface area (Å²) in [6.45, 7) is 9.24. The van der Waals surface area contributed by atoms with Gasteiger partial charge in [0.05, 0.1) is 20.1 Å². The Kier molecular flexibility index (Phi) is 20.1. The first-order chi connectivity index (χ1) is 15.4. The molecule has 0 aromatic heterocycles. The average molecular weight is 454 g/mol. The van der Waals surface area contributed by atoms with Crippen molar-refractivity contribution in [2.75, 3.05) is 33.7 Å². The number of quaternary nitrogens is 1. The van der Waals surface area contributed by atoms with Crippen LogP contribution in [0.4, 0.5) is 0 Å². The summed E-state index contributed by atoms with van der Waals surface area (Å²) in [7, 11) is 3.94. The highest BCUT2D eigenvalue weighted by molar-refractivity contribution is 5.93. The Morgan fingerprint density at radius 1 is 0.594 bits per heavy atom. The third-order valence-electron chi connectivity index (χ3n) is 6.94. The van der Waals surface area contributed by atoms with Gasteiger partial charge in [-0.25, -0.2) is 4.79 Å². The molecule has 0 spiro atoms. The Hall–Kier alpha value is -0.900. The van der Waals surface area contributed by atoms with Crippen molar-refractivity contribution in [1.82, 2.24) is 4.90 Å². The fourth-order valence-electron chi connectivity index (χ4n) is 4.38. The van der Waals surface area contributed by atoms with Crippen LogP contribution in [0, 0.1) is 0 Å². The summed E-state index contributed by atoms with van der Waals surface area (Å²) >= 11 is 0. The number of rotatable bonds is 22. The predicted molar refractivity (Wildman–Crippen MR) is 139 cm³/mol. The molecule has 4 nitrogen and oxygen atoms in total. The molecule has 0 rings (SSSR count). The lowest BCUT2D eigenvalue weighted by Gasteiger charge is -2.32. The van der Waals surface area contributed by atoms with Gasteiger partial charge in [-0.05, 0) is 32.1 Å². The number of hydrogen-bond acceptors (Lipinski definition) is 2. The third-order valence-corrected chi connectivity index (χ3v) is 6.94. The highest BCUT2D eigenvalue weighted by atomic mass is 16.2. The van der Waals surface area contributed by atoms with E-state index in [1.165, 1.54) is 89.9 Å². The van der Waals surface area contributed by atoms with E-state index in [1.54, 1.807) is 4.90 Å². The lowest BCUT2D eigenvalue weighted by atomic mass is 10.1. The maximum absolute atomic E-state index is 13.2. The quantitative estimate of drug-likeness (QED) is 0.0966. The topological polar surface area (TPSA) is 37.4 Å². The highest BCUT2D eigenvalue weighted by Crippen LogP contribution is 2.16. The fraction of sp³-hybridized carbons (Fsp3) is 0.929. The maximum atomic E-state index is 13.2. The number of hydrogen-bond donors (Lipinski definition) is 0. The normalized spacial score (nSPS) is 13.2. The SMILES string of the molecule is CCCCCCCCN(C)C(=O)CC(=O)[N+](C)(CCCCCCC)CCCCCCCC. The molecule has 0 saturated heterocycles. The molecule has 0 bridgehead atoms. The molecule has 32 heavy (non-hydrogen) atoms. The van der Waals surface area contributed by atoms with Crippen molar-refractivity contribution in [2.24, 2.45) is 0 Å². The Morgan fingerprint density at radius 3 is 1.41 bits per heavy atom. The van der Waals surface area contributed by atoms with E-state index >= 15 is 0 Å². The van der Waals surface area contributed by atoms with Crippen molar-refractivity contribution in [1.29, 1.82) is 0 Å². The van der Waals surface area contributed by atoms with Crippen LogP contribution in [0.2, 0.25) is 0 Å². The van der Waals surface area contributed by atoms with Crippen molar-refractivity contribution in [3.05, 3.63) is 0 Å². The van der Waals surface area contributed by atoms with Gasteiger partial charge in [0, 0.05) is 13.6 Å². The van der Waals surface area contributed by atoms with Crippen LogP contribution < -0.4 is 0 Å². The van der Waals surface area contributed by atoms with Crippen LogP contribution in [-0.2, 0) is 9.59 Å². The van der Waals surface area contributed by atoms with Crippen molar-refractivity contribution in [2.45, 2.75) is 136 Å². The third kappa shape index (κ3) is 15.8. The molecule has 0 N–H and O–H groups in total. The Morgan fingerprint density at radius 2 is 0.969 bits per heavy atom. The highest BCUT2D eigenvalue weighted by Gasteiger charge is 2.33. The van der Waals surface area contributed by atoms with Crippen LogP contribution >= 0.6 is 0 Å². The van der Waals surface area contributed by atoms with E-state index in [9.17, 15) is 9.59 Å². The van der Waals surface area contributed by atoms with Crippen molar-refractivity contribution in [3.8, 4) is 0 Å². The minimum absolute atomic E-state index is 0.00170. The summed E-state index contributed by atoms with van der Waals surface area (Å²) in [6, 6.07) is 0. The lowest BCUT2D eigenvalue weighted by molar-refractivity contribution is -0.835. The van der Waals surface area contributed by atoms with Gasteiger partial charge in [0.15, 0.2) is 0 Å². The smallest absolute Gasteiger partial charge is 0.322 e. The molecule has 0 saturated carbocycles. The summed E-state index contributed by atoms with van der Waals surface area (Å²) in [5, 5.41) is 0. The van der Waals surface area contributed by atoms with E-state index in [0.29, 0.717) is 4.48 Å². The second-order valence-corrected chi connectivity index (χ2v) is 10.2. The first kappa shape index (κ1) is 31.1. The monoisotopic (exact) mass is 453 g/mol. The zero-order valence-electron chi connectivity index (χ0n) is 22.6. The molecular formula is C28H57N2O2+. The minimum Gasteiger partial charge on any atom is -0.345 e. The Balaban J connectivity index is 4.57. The van der Waals surface area contributed by atoms with E-state index in [2.05, 4.69) is 27.8 Å². The summed E-state index contributed by atoms with van der Waals surface area (Å²) in [4.78, 5) is 27.7.